The minimum absolute atomic E-state index is 0.301. The van der Waals surface area contributed by atoms with Crippen molar-refractivity contribution in [3.63, 3.8) is 0 Å². The van der Waals surface area contributed by atoms with Crippen LogP contribution in [0.1, 0.15) is 26.3 Å². The van der Waals surface area contributed by atoms with Crippen molar-refractivity contribution in [2.24, 2.45) is 11.7 Å². The number of hydrogen-bond acceptors (Lipinski definition) is 1. The molecule has 0 radical (unpaired) electrons. The summed E-state index contributed by atoms with van der Waals surface area (Å²) < 4.78 is 0. The van der Waals surface area contributed by atoms with Crippen molar-refractivity contribution in [1.29, 1.82) is 0 Å². The van der Waals surface area contributed by atoms with E-state index in [1.54, 1.807) is 0 Å². The second kappa shape index (κ2) is 3.69. The molecule has 0 bridgehead atoms. The summed E-state index contributed by atoms with van der Waals surface area (Å²) in [6.45, 7) is 6.26. The lowest BCUT2D eigenvalue weighted by Gasteiger charge is -2.29. The molecule has 0 fully saturated rings. The second-order valence-electron chi connectivity index (χ2n) is 3.95. The van der Waals surface area contributed by atoms with E-state index in [0.717, 1.165) is 10.6 Å². The highest BCUT2D eigenvalue weighted by Crippen LogP contribution is 2.27. The number of nitrogens with two attached hydrogens (primary N) is 1. The largest absolute Gasteiger partial charge is 0.321 e. The summed E-state index contributed by atoms with van der Waals surface area (Å²) in [5.41, 5.74) is 6.98. The highest BCUT2D eigenvalue weighted by Gasteiger charge is 2.25. The van der Waals surface area contributed by atoms with E-state index < -0.39 is 0 Å². The van der Waals surface area contributed by atoms with E-state index in [4.69, 9.17) is 17.3 Å². The predicted molar refractivity (Wildman–Crippen MR) is 57.8 cm³/mol. The average molecular weight is 198 g/mol. The van der Waals surface area contributed by atoms with Gasteiger partial charge in [0.25, 0.3) is 0 Å². The fourth-order valence-corrected chi connectivity index (χ4v) is 1.35. The zero-order chi connectivity index (χ0) is 10.1. The molecule has 1 unspecified atom stereocenters. The van der Waals surface area contributed by atoms with Crippen molar-refractivity contribution in [2.45, 2.75) is 26.3 Å². The number of halogens is 1. The molecule has 0 aliphatic carbocycles. The van der Waals surface area contributed by atoms with Crippen LogP contribution in [0.4, 0.5) is 0 Å². The van der Waals surface area contributed by atoms with Crippen LogP contribution in [-0.4, -0.2) is 0 Å². The molecule has 1 atom stereocenters. The Kier molecular flexibility index (Phi) is 2.99. The van der Waals surface area contributed by atoms with Gasteiger partial charge in [0.05, 0.1) is 0 Å². The molecule has 1 rings (SSSR count). The van der Waals surface area contributed by atoms with Gasteiger partial charge >= 0.3 is 0 Å². The molecular weight excluding hydrogens is 182 g/mol. The molecule has 72 valence electrons. The van der Waals surface area contributed by atoms with Crippen LogP contribution >= 0.6 is 11.6 Å². The Hall–Kier alpha value is -0.530. The van der Waals surface area contributed by atoms with E-state index >= 15 is 0 Å². The molecule has 1 aromatic rings. The second-order valence-corrected chi connectivity index (χ2v) is 4.38. The monoisotopic (exact) mass is 197 g/mol. The fraction of sp³-hybridized carbons (Fsp3) is 0.455. The van der Waals surface area contributed by atoms with Crippen LogP contribution in [0, 0.1) is 5.92 Å². The number of hydrogen-bond donors (Lipinski definition) is 1. The van der Waals surface area contributed by atoms with Crippen LogP contribution in [0.2, 0.25) is 5.02 Å². The number of benzene rings is 1. The van der Waals surface area contributed by atoms with E-state index in [-0.39, 0.29) is 5.54 Å². The molecule has 0 amide bonds. The molecule has 1 nitrogen and oxygen atoms in total. The Morgan fingerprint density at radius 3 is 2.46 bits per heavy atom. The van der Waals surface area contributed by atoms with Crippen LogP contribution in [0.15, 0.2) is 24.3 Å². The van der Waals surface area contributed by atoms with E-state index in [9.17, 15) is 0 Å². The van der Waals surface area contributed by atoms with Gasteiger partial charge in [-0.2, -0.15) is 0 Å². The van der Waals surface area contributed by atoms with E-state index in [1.807, 2.05) is 31.2 Å². The van der Waals surface area contributed by atoms with Gasteiger partial charge in [0, 0.05) is 10.6 Å². The number of rotatable bonds is 2. The first kappa shape index (κ1) is 10.6. The van der Waals surface area contributed by atoms with Crippen molar-refractivity contribution in [3.05, 3.63) is 34.9 Å². The summed E-state index contributed by atoms with van der Waals surface area (Å²) in [5.74, 6) is 0.394. The normalized spacial score (nSPS) is 15.8. The third-order valence-electron chi connectivity index (χ3n) is 2.65. The molecule has 2 heteroatoms. The van der Waals surface area contributed by atoms with Crippen molar-refractivity contribution < 1.29 is 0 Å². The minimum atomic E-state index is -0.301. The SMILES string of the molecule is CC(C)C(C)(N)c1cccc(Cl)c1. The van der Waals surface area contributed by atoms with Crippen LogP contribution < -0.4 is 5.73 Å². The van der Waals surface area contributed by atoms with Gasteiger partial charge in [0.2, 0.25) is 0 Å². The van der Waals surface area contributed by atoms with Gasteiger partial charge in [-0.15, -0.1) is 0 Å². The standard InChI is InChI=1S/C11H16ClN/c1-8(2)11(3,13)9-5-4-6-10(12)7-9/h4-8H,13H2,1-3H3. The molecule has 0 aliphatic rings. The van der Waals surface area contributed by atoms with Gasteiger partial charge in [0.15, 0.2) is 0 Å². The third kappa shape index (κ3) is 2.23. The molecule has 2 N–H and O–H groups in total. The maximum Gasteiger partial charge on any atom is 0.0409 e. The summed E-state index contributed by atoms with van der Waals surface area (Å²) in [6.07, 6.45) is 0. The lowest BCUT2D eigenvalue weighted by atomic mass is 9.83. The van der Waals surface area contributed by atoms with Gasteiger partial charge in [-0.1, -0.05) is 37.6 Å². The van der Waals surface area contributed by atoms with Crippen LogP contribution in [0.5, 0.6) is 0 Å². The molecule has 1 aromatic carbocycles. The smallest absolute Gasteiger partial charge is 0.0409 e. The molecule has 0 spiro atoms. The summed E-state index contributed by atoms with van der Waals surface area (Å²) >= 11 is 5.90. The minimum Gasteiger partial charge on any atom is -0.321 e. The van der Waals surface area contributed by atoms with Crippen molar-refractivity contribution in [1.82, 2.24) is 0 Å². The fourth-order valence-electron chi connectivity index (χ4n) is 1.16. The highest BCUT2D eigenvalue weighted by molar-refractivity contribution is 6.30. The average Bonchev–Trinajstić information content (AvgIpc) is 2.04. The van der Waals surface area contributed by atoms with Gasteiger partial charge in [0.1, 0.15) is 0 Å². The lowest BCUT2D eigenvalue weighted by Crippen LogP contribution is -2.38. The van der Waals surface area contributed by atoms with E-state index in [1.165, 1.54) is 0 Å². The molecule has 13 heavy (non-hydrogen) atoms. The van der Waals surface area contributed by atoms with Crippen LogP contribution in [0.3, 0.4) is 0 Å². The topological polar surface area (TPSA) is 26.0 Å². The first-order valence-corrected chi connectivity index (χ1v) is 4.87. The zero-order valence-corrected chi connectivity index (χ0v) is 9.10. The Balaban J connectivity index is 3.07. The Morgan fingerprint density at radius 1 is 1.38 bits per heavy atom. The first-order chi connectivity index (χ1) is 5.94. The third-order valence-corrected chi connectivity index (χ3v) is 2.88. The zero-order valence-electron chi connectivity index (χ0n) is 8.34. The van der Waals surface area contributed by atoms with Crippen LogP contribution in [0.25, 0.3) is 0 Å². The van der Waals surface area contributed by atoms with Crippen molar-refractivity contribution in [3.8, 4) is 0 Å². The van der Waals surface area contributed by atoms with Gasteiger partial charge in [-0.05, 0) is 30.5 Å². The summed E-state index contributed by atoms with van der Waals surface area (Å²) in [4.78, 5) is 0. The molecular formula is C11H16ClN. The Labute approximate surface area is 84.9 Å². The predicted octanol–water partition coefficient (Wildman–Crippen LogP) is 3.17. The summed E-state index contributed by atoms with van der Waals surface area (Å²) in [7, 11) is 0. The quantitative estimate of drug-likeness (QED) is 0.775. The Morgan fingerprint density at radius 2 is 2.00 bits per heavy atom. The Bertz CT molecular complexity index is 292. The molecule has 0 saturated heterocycles. The van der Waals surface area contributed by atoms with E-state index in [0.29, 0.717) is 5.92 Å². The molecule has 0 heterocycles. The van der Waals surface area contributed by atoms with Crippen LogP contribution in [-0.2, 0) is 5.54 Å². The summed E-state index contributed by atoms with van der Waals surface area (Å²) in [6, 6.07) is 7.75. The molecule has 0 saturated carbocycles. The van der Waals surface area contributed by atoms with Crippen molar-refractivity contribution in [2.75, 3.05) is 0 Å². The highest BCUT2D eigenvalue weighted by atomic mass is 35.5. The van der Waals surface area contributed by atoms with Gasteiger partial charge in [-0.3, -0.25) is 0 Å². The first-order valence-electron chi connectivity index (χ1n) is 4.49. The van der Waals surface area contributed by atoms with Crippen molar-refractivity contribution >= 4 is 11.6 Å². The molecule has 0 aliphatic heterocycles. The maximum atomic E-state index is 6.19. The summed E-state index contributed by atoms with van der Waals surface area (Å²) in [5, 5.41) is 0.745. The van der Waals surface area contributed by atoms with E-state index in [2.05, 4.69) is 13.8 Å². The van der Waals surface area contributed by atoms with Gasteiger partial charge < -0.3 is 5.73 Å². The maximum absolute atomic E-state index is 6.19. The molecule has 0 aromatic heterocycles. The van der Waals surface area contributed by atoms with Gasteiger partial charge in [-0.25, -0.2) is 0 Å². The lowest BCUT2D eigenvalue weighted by molar-refractivity contribution is 0.350.